The molecule has 0 saturated heterocycles. The Morgan fingerprint density at radius 1 is 1.09 bits per heavy atom. The molecule has 0 unspecified atom stereocenters. The van der Waals surface area contributed by atoms with Crippen LogP contribution in [0, 0.1) is 5.82 Å². The van der Waals surface area contributed by atoms with Crippen LogP contribution in [0.4, 0.5) is 4.39 Å². The summed E-state index contributed by atoms with van der Waals surface area (Å²) in [6.45, 7) is 0.506. The fraction of sp³-hybridized carbons (Fsp3) is 0.316. The summed E-state index contributed by atoms with van der Waals surface area (Å²) >= 11 is 0. The lowest BCUT2D eigenvalue weighted by Crippen LogP contribution is -2.34. The number of hydrogen-bond acceptors (Lipinski definition) is 2. The number of nitrogens with zero attached hydrogens (tertiary/aromatic N) is 1. The summed E-state index contributed by atoms with van der Waals surface area (Å²) in [7, 11) is 3.90. The standard InChI is InChI=1S/C19H23FN2O/c1-22(2)18(16-9-11-17(20)12-10-16)14-21-19(23)13-8-15-6-4-3-5-7-15/h3-7,9-12,18H,8,13-14H2,1-2H3,(H,21,23)/t18-/m0/s1. The highest BCUT2D eigenvalue weighted by molar-refractivity contribution is 5.76. The van der Waals surface area contributed by atoms with Gasteiger partial charge in [0, 0.05) is 13.0 Å². The largest absolute Gasteiger partial charge is 0.354 e. The quantitative estimate of drug-likeness (QED) is 0.851. The van der Waals surface area contributed by atoms with Crippen molar-refractivity contribution in [3.8, 4) is 0 Å². The van der Waals surface area contributed by atoms with Gasteiger partial charge in [0.05, 0.1) is 6.04 Å². The molecule has 23 heavy (non-hydrogen) atoms. The van der Waals surface area contributed by atoms with Gasteiger partial charge in [-0.05, 0) is 43.8 Å². The Morgan fingerprint density at radius 2 is 1.74 bits per heavy atom. The van der Waals surface area contributed by atoms with Gasteiger partial charge >= 0.3 is 0 Å². The Hall–Kier alpha value is -2.20. The zero-order valence-electron chi connectivity index (χ0n) is 13.6. The predicted octanol–water partition coefficient (Wildman–Crippen LogP) is 3.18. The van der Waals surface area contributed by atoms with Crippen molar-refractivity contribution in [3.63, 3.8) is 0 Å². The first-order valence-corrected chi connectivity index (χ1v) is 7.79. The first-order valence-electron chi connectivity index (χ1n) is 7.79. The molecule has 1 amide bonds. The Morgan fingerprint density at radius 3 is 2.35 bits per heavy atom. The van der Waals surface area contributed by atoms with Gasteiger partial charge in [0.1, 0.15) is 5.82 Å². The van der Waals surface area contributed by atoms with E-state index in [9.17, 15) is 9.18 Å². The average Bonchev–Trinajstić information content (AvgIpc) is 2.55. The molecule has 0 aliphatic carbocycles. The Kier molecular flexibility index (Phi) is 6.29. The first-order chi connectivity index (χ1) is 11.1. The van der Waals surface area contributed by atoms with Gasteiger partial charge in [0.2, 0.25) is 5.91 Å². The van der Waals surface area contributed by atoms with E-state index < -0.39 is 0 Å². The maximum atomic E-state index is 13.0. The third-order valence-electron chi connectivity index (χ3n) is 3.85. The zero-order chi connectivity index (χ0) is 16.7. The van der Waals surface area contributed by atoms with E-state index in [4.69, 9.17) is 0 Å². The predicted molar refractivity (Wildman–Crippen MR) is 90.6 cm³/mol. The fourth-order valence-electron chi connectivity index (χ4n) is 2.48. The van der Waals surface area contributed by atoms with E-state index in [1.807, 2.05) is 49.3 Å². The summed E-state index contributed by atoms with van der Waals surface area (Å²) in [4.78, 5) is 14.1. The fourth-order valence-corrected chi connectivity index (χ4v) is 2.48. The molecule has 122 valence electrons. The molecule has 0 aliphatic rings. The van der Waals surface area contributed by atoms with E-state index in [2.05, 4.69) is 5.32 Å². The Bertz CT molecular complexity index is 611. The van der Waals surface area contributed by atoms with Gasteiger partial charge in [0.25, 0.3) is 0 Å². The van der Waals surface area contributed by atoms with Crippen molar-refractivity contribution in [3.05, 3.63) is 71.5 Å². The lowest BCUT2D eigenvalue weighted by molar-refractivity contribution is -0.121. The molecule has 2 aromatic carbocycles. The summed E-state index contributed by atoms with van der Waals surface area (Å²) in [6, 6.07) is 16.4. The van der Waals surface area contributed by atoms with Gasteiger partial charge in [-0.15, -0.1) is 0 Å². The number of halogens is 1. The molecule has 0 radical (unpaired) electrons. The number of hydrogen-bond donors (Lipinski definition) is 1. The second kappa shape index (κ2) is 8.44. The summed E-state index contributed by atoms with van der Waals surface area (Å²) < 4.78 is 13.0. The zero-order valence-corrected chi connectivity index (χ0v) is 13.6. The van der Waals surface area contributed by atoms with Crippen LogP contribution < -0.4 is 5.32 Å². The molecule has 0 spiro atoms. The normalized spacial score (nSPS) is 12.2. The first kappa shape index (κ1) is 17.2. The molecule has 1 N–H and O–H groups in total. The Labute approximate surface area is 137 Å². The molecule has 0 heterocycles. The number of rotatable bonds is 7. The highest BCUT2D eigenvalue weighted by atomic mass is 19.1. The monoisotopic (exact) mass is 314 g/mol. The maximum Gasteiger partial charge on any atom is 0.220 e. The number of benzene rings is 2. The highest BCUT2D eigenvalue weighted by Crippen LogP contribution is 2.17. The molecule has 0 aliphatic heterocycles. The van der Waals surface area contributed by atoms with Crippen LogP contribution in [0.25, 0.3) is 0 Å². The molecule has 2 rings (SSSR count). The number of carbonyl (C=O) groups is 1. The van der Waals surface area contributed by atoms with Gasteiger partial charge in [0.15, 0.2) is 0 Å². The van der Waals surface area contributed by atoms with E-state index in [1.54, 1.807) is 12.1 Å². The van der Waals surface area contributed by atoms with Crippen LogP contribution in [0.1, 0.15) is 23.6 Å². The Balaban J connectivity index is 1.86. The van der Waals surface area contributed by atoms with Gasteiger partial charge in [-0.25, -0.2) is 4.39 Å². The molecule has 0 aromatic heterocycles. The lowest BCUT2D eigenvalue weighted by Gasteiger charge is -2.25. The minimum Gasteiger partial charge on any atom is -0.354 e. The molecular weight excluding hydrogens is 291 g/mol. The minimum atomic E-state index is -0.252. The number of aryl methyl sites for hydroxylation is 1. The molecule has 4 heteroatoms. The van der Waals surface area contributed by atoms with Crippen molar-refractivity contribution in [2.45, 2.75) is 18.9 Å². The number of likely N-dealkylation sites (N-methyl/N-ethyl adjacent to an activating group) is 1. The van der Waals surface area contributed by atoms with Crippen molar-refractivity contribution in [1.82, 2.24) is 10.2 Å². The molecule has 0 fully saturated rings. The number of amides is 1. The van der Waals surface area contributed by atoms with Crippen LogP contribution in [0.2, 0.25) is 0 Å². The molecule has 0 saturated carbocycles. The number of carbonyl (C=O) groups excluding carboxylic acids is 1. The summed E-state index contributed by atoms with van der Waals surface area (Å²) in [5.74, 6) is -0.221. The van der Waals surface area contributed by atoms with E-state index in [1.165, 1.54) is 12.1 Å². The minimum absolute atomic E-state index is 0.0243. The number of nitrogens with one attached hydrogen (secondary N) is 1. The van der Waals surface area contributed by atoms with Crippen molar-refractivity contribution in [2.24, 2.45) is 0 Å². The molecule has 0 bridgehead atoms. The van der Waals surface area contributed by atoms with Crippen LogP contribution in [0.5, 0.6) is 0 Å². The van der Waals surface area contributed by atoms with Gasteiger partial charge < -0.3 is 10.2 Å². The third-order valence-corrected chi connectivity index (χ3v) is 3.85. The van der Waals surface area contributed by atoms with Gasteiger partial charge in [-0.3, -0.25) is 4.79 Å². The smallest absolute Gasteiger partial charge is 0.220 e. The second-order valence-corrected chi connectivity index (χ2v) is 5.82. The topological polar surface area (TPSA) is 32.3 Å². The van der Waals surface area contributed by atoms with Crippen LogP contribution >= 0.6 is 0 Å². The van der Waals surface area contributed by atoms with Crippen LogP contribution in [0.3, 0.4) is 0 Å². The second-order valence-electron chi connectivity index (χ2n) is 5.82. The lowest BCUT2D eigenvalue weighted by atomic mass is 10.1. The summed E-state index contributed by atoms with van der Waals surface area (Å²) in [6.07, 6.45) is 1.20. The maximum absolute atomic E-state index is 13.0. The van der Waals surface area contributed by atoms with E-state index in [0.717, 1.165) is 17.5 Å². The molecule has 2 aromatic rings. The van der Waals surface area contributed by atoms with Crippen LogP contribution in [0.15, 0.2) is 54.6 Å². The van der Waals surface area contributed by atoms with Crippen LogP contribution in [-0.2, 0) is 11.2 Å². The third kappa shape index (κ3) is 5.49. The SMILES string of the molecule is CN(C)[C@@H](CNC(=O)CCc1ccccc1)c1ccc(F)cc1. The molecule has 1 atom stereocenters. The van der Waals surface area contributed by atoms with E-state index in [-0.39, 0.29) is 17.8 Å². The summed E-state index contributed by atoms with van der Waals surface area (Å²) in [5.41, 5.74) is 2.14. The van der Waals surface area contributed by atoms with Gasteiger partial charge in [-0.2, -0.15) is 0 Å². The highest BCUT2D eigenvalue weighted by Gasteiger charge is 2.15. The van der Waals surface area contributed by atoms with Crippen molar-refractivity contribution in [1.29, 1.82) is 0 Å². The molecule has 3 nitrogen and oxygen atoms in total. The van der Waals surface area contributed by atoms with Crippen molar-refractivity contribution < 1.29 is 9.18 Å². The van der Waals surface area contributed by atoms with E-state index in [0.29, 0.717) is 13.0 Å². The van der Waals surface area contributed by atoms with E-state index >= 15 is 0 Å². The summed E-state index contributed by atoms with van der Waals surface area (Å²) in [5, 5.41) is 2.97. The van der Waals surface area contributed by atoms with Crippen molar-refractivity contribution in [2.75, 3.05) is 20.6 Å². The molecular formula is C19H23FN2O. The van der Waals surface area contributed by atoms with Crippen molar-refractivity contribution >= 4 is 5.91 Å². The average molecular weight is 314 g/mol. The van der Waals surface area contributed by atoms with Gasteiger partial charge in [-0.1, -0.05) is 42.5 Å². The van der Waals surface area contributed by atoms with Crippen LogP contribution in [-0.4, -0.2) is 31.4 Å².